The highest BCUT2D eigenvalue weighted by Crippen LogP contribution is 2.29. The van der Waals surface area contributed by atoms with E-state index >= 15 is 0 Å². The molecule has 0 aliphatic carbocycles. The number of carbonyl (C=O) groups excluding carboxylic acids is 1. The molecule has 0 saturated carbocycles. The fourth-order valence-electron chi connectivity index (χ4n) is 2.57. The number of amides is 1. The normalized spacial score (nSPS) is 15.4. The number of nitrogens with zero attached hydrogens (tertiary/aromatic N) is 2. The van der Waals surface area contributed by atoms with Gasteiger partial charge in [0.05, 0.1) is 31.6 Å². The van der Waals surface area contributed by atoms with Crippen LogP contribution in [0.4, 0.5) is 5.69 Å². The maximum absolute atomic E-state index is 12.4. The van der Waals surface area contributed by atoms with Crippen molar-refractivity contribution in [1.29, 1.82) is 5.26 Å². The van der Waals surface area contributed by atoms with E-state index in [1.807, 2.05) is 6.07 Å². The molecule has 3 rings (SSSR count). The second-order valence-corrected chi connectivity index (χ2v) is 5.58. The van der Waals surface area contributed by atoms with Crippen molar-refractivity contribution in [3.8, 4) is 17.6 Å². The monoisotopic (exact) mass is 351 g/mol. The minimum absolute atomic E-state index is 0.310. The summed E-state index contributed by atoms with van der Waals surface area (Å²) in [7, 11) is 3.14. The lowest BCUT2D eigenvalue weighted by Crippen LogP contribution is -2.28. The van der Waals surface area contributed by atoms with E-state index in [-0.39, 0.29) is 5.91 Å². The summed E-state index contributed by atoms with van der Waals surface area (Å²) < 4.78 is 10.6. The maximum Gasteiger partial charge on any atom is 0.268 e. The van der Waals surface area contributed by atoms with Crippen LogP contribution in [0.15, 0.2) is 47.6 Å². The molecule has 1 aliphatic heterocycles. The number of nitrogens with one attached hydrogen (secondary N) is 1. The molecule has 1 heterocycles. The van der Waals surface area contributed by atoms with Gasteiger partial charge in [-0.05, 0) is 42.5 Å². The summed E-state index contributed by atoms with van der Waals surface area (Å²) in [5, 5.41) is 15.6. The Balaban J connectivity index is 1.69. The van der Waals surface area contributed by atoms with Crippen molar-refractivity contribution in [3.05, 3.63) is 53.6 Å². The molecule has 0 spiro atoms. The molecule has 0 bridgehead atoms. The van der Waals surface area contributed by atoms with Crippen LogP contribution >= 0.6 is 0 Å². The van der Waals surface area contributed by atoms with Gasteiger partial charge in [0, 0.05) is 17.7 Å². The zero-order valence-electron chi connectivity index (χ0n) is 14.4. The number of carbonyl (C=O) groups is 1. The van der Waals surface area contributed by atoms with Crippen LogP contribution in [0.3, 0.4) is 0 Å². The molecule has 0 unspecified atom stereocenters. The van der Waals surface area contributed by atoms with E-state index in [9.17, 15) is 4.79 Å². The van der Waals surface area contributed by atoms with E-state index < -0.39 is 6.10 Å². The van der Waals surface area contributed by atoms with E-state index in [0.717, 1.165) is 5.56 Å². The minimum atomic E-state index is -0.739. The third-order valence-corrected chi connectivity index (χ3v) is 3.96. The SMILES string of the molecule is COc1ccc(OC)c(C2=NO[C@H](C(=O)Nc3ccc(C#N)cc3)C2)c1. The quantitative estimate of drug-likeness (QED) is 0.894. The van der Waals surface area contributed by atoms with Crippen molar-refractivity contribution >= 4 is 17.3 Å². The van der Waals surface area contributed by atoms with Gasteiger partial charge in [-0.1, -0.05) is 5.16 Å². The molecule has 0 fully saturated rings. The van der Waals surface area contributed by atoms with Crippen molar-refractivity contribution in [3.63, 3.8) is 0 Å². The molecule has 0 aromatic heterocycles. The van der Waals surface area contributed by atoms with E-state index in [2.05, 4.69) is 10.5 Å². The van der Waals surface area contributed by atoms with Crippen molar-refractivity contribution in [1.82, 2.24) is 0 Å². The standard InChI is InChI=1S/C19H17N3O4/c1-24-14-7-8-17(25-2)15(9-14)16-10-18(26-22-16)19(23)21-13-5-3-12(11-20)4-6-13/h3-9,18H,10H2,1-2H3,(H,21,23)/t18-/m0/s1. The first kappa shape index (κ1) is 17.3. The van der Waals surface area contributed by atoms with Crippen LogP contribution in [0.25, 0.3) is 0 Å². The highest BCUT2D eigenvalue weighted by atomic mass is 16.6. The van der Waals surface area contributed by atoms with Crippen LogP contribution in [0.2, 0.25) is 0 Å². The summed E-state index contributed by atoms with van der Waals surface area (Å²) in [6.07, 6.45) is -0.428. The Kier molecular flexibility index (Phi) is 5.04. The minimum Gasteiger partial charge on any atom is -0.497 e. The maximum atomic E-state index is 12.4. The lowest BCUT2D eigenvalue weighted by Gasteiger charge is -2.11. The van der Waals surface area contributed by atoms with Gasteiger partial charge in [0.1, 0.15) is 11.5 Å². The number of anilines is 1. The Morgan fingerprint density at radius 1 is 1.23 bits per heavy atom. The van der Waals surface area contributed by atoms with E-state index in [4.69, 9.17) is 19.6 Å². The Hall–Kier alpha value is -3.53. The molecule has 2 aromatic rings. The molecule has 132 valence electrons. The number of ether oxygens (including phenoxy) is 2. The van der Waals surface area contributed by atoms with E-state index in [1.165, 1.54) is 0 Å². The fraction of sp³-hybridized carbons (Fsp3) is 0.211. The van der Waals surface area contributed by atoms with Crippen LogP contribution in [0.1, 0.15) is 17.5 Å². The summed E-state index contributed by atoms with van der Waals surface area (Å²) in [5.74, 6) is 0.977. The van der Waals surface area contributed by atoms with Gasteiger partial charge in [-0.15, -0.1) is 0 Å². The summed E-state index contributed by atoms with van der Waals surface area (Å²) in [6.45, 7) is 0. The predicted octanol–water partition coefficient (Wildman–Crippen LogP) is 2.71. The van der Waals surface area contributed by atoms with Crippen molar-refractivity contribution < 1.29 is 19.1 Å². The smallest absolute Gasteiger partial charge is 0.268 e. The second-order valence-electron chi connectivity index (χ2n) is 5.58. The summed E-state index contributed by atoms with van der Waals surface area (Å²) >= 11 is 0. The third kappa shape index (κ3) is 3.59. The molecule has 1 amide bonds. The van der Waals surface area contributed by atoms with Crippen LogP contribution in [-0.2, 0) is 9.63 Å². The molecule has 1 atom stereocenters. The highest BCUT2D eigenvalue weighted by Gasteiger charge is 2.30. The predicted molar refractivity (Wildman–Crippen MR) is 95.4 cm³/mol. The van der Waals surface area contributed by atoms with Crippen LogP contribution < -0.4 is 14.8 Å². The number of benzene rings is 2. The Bertz CT molecular complexity index is 885. The van der Waals surface area contributed by atoms with Gasteiger partial charge in [0.15, 0.2) is 0 Å². The largest absolute Gasteiger partial charge is 0.497 e. The number of rotatable bonds is 5. The average Bonchev–Trinajstić information content (AvgIpc) is 3.18. The zero-order valence-corrected chi connectivity index (χ0v) is 14.4. The third-order valence-electron chi connectivity index (χ3n) is 3.96. The average molecular weight is 351 g/mol. The first-order chi connectivity index (χ1) is 12.6. The zero-order chi connectivity index (χ0) is 18.5. The summed E-state index contributed by atoms with van der Waals surface area (Å²) in [6, 6.07) is 14.0. The van der Waals surface area contributed by atoms with E-state index in [0.29, 0.717) is 34.9 Å². The lowest BCUT2D eigenvalue weighted by molar-refractivity contribution is -0.125. The van der Waals surface area contributed by atoms with Gasteiger partial charge in [0.25, 0.3) is 5.91 Å². The Morgan fingerprint density at radius 3 is 2.65 bits per heavy atom. The molecule has 0 radical (unpaired) electrons. The summed E-state index contributed by atoms with van der Waals surface area (Å²) in [4.78, 5) is 17.7. The van der Waals surface area contributed by atoms with Crippen molar-refractivity contribution in [2.24, 2.45) is 5.16 Å². The van der Waals surface area contributed by atoms with E-state index in [1.54, 1.807) is 56.7 Å². The molecule has 0 saturated heterocycles. The molecule has 2 aromatic carbocycles. The molecule has 7 nitrogen and oxygen atoms in total. The number of hydrogen-bond acceptors (Lipinski definition) is 6. The topological polar surface area (TPSA) is 92.9 Å². The lowest BCUT2D eigenvalue weighted by atomic mass is 10.0. The molecule has 1 aliphatic rings. The van der Waals surface area contributed by atoms with Crippen molar-refractivity contribution in [2.45, 2.75) is 12.5 Å². The Morgan fingerprint density at radius 2 is 2.00 bits per heavy atom. The molecular weight excluding hydrogens is 334 g/mol. The molecular formula is C19H17N3O4. The van der Waals surface area contributed by atoms with Gasteiger partial charge >= 0.3 is 0 Å². The first-order valence-corrected chi connectivity index (χ1v) is 7.90. The van der Waals surface area contributed by atoms with Crippen LogP contribution in [0.5, 0.6) is 11.5 Å². The van der Waals surface area contributed by atoms with Gasteiger partial charge in [-0.3, -0.25) is 4.79 Å². The fourth-order valence-corrected chi connectivity index (χ4v) is 2.57. The molecule has 1 N–H and O–H groups in total. The van der Waals surface area contributed by atoms with Gasteiger partial charge in [-0.2, -0.15) is 5.26 Å². The number of hydrogen-bond donors (Lipinski definition) is 1. The first-order valence-electron chi connectivity index (χ1n) is 7.90. The van der Waals surface area contributed by atoms with Crippen LogP contribution in [-0.4, -0.2) is 31.9 Å². The molecule has 7 heteroatoms. The second kappa shape index (κ2) is 7.57. The highest BCUT2D eigenvalue weighted by molar-refractivity contribution is 6.07. The number of oxime groups is 1. The summed E-state index contributed by atoms with van der Waals surface area (Å²) in [5.41, 5.74) is 2.45. The number of nitriles is 1. The van der Waals surface area contributed by atoms with Gasteiger partial charge in [-0.25, -0.2) is 0 Å². The number of methoxy groups -OCH3 is 2. The van der Waals surface area contributed by atoms with Gasteiger partial charge < -0.3 is 19.6 Å². The van der Waals surface area contributed by atoms with Crippen molar-refractivity contribution in [2.75, 3.05) is 19.5 Å². The van der Waals surface area contributed by atoms with Crippen LogP contribution in [0, 0.1) is 11.3 Å². The molecule has 26 heavy (non-hydrogen) atoms. The Labute approximate surface area is 150 Å². The van der Waals surface area contributed by atoms with Gasteiger partial charge in [0.2, 0.25) is 6.10 Å².